The number of carbonyl (C=O) groups is 3. The number of phosphoric ester groups is 2. The van der Waals surface area contributed by atoms with E-state index in [0.29, 0.717) is 19.3 Å². The van der Waals surface area contributed by atoms with E-state index in [9.17, 15) is 43.5 Å². The van der Waals surface area contributed by atoms with Gasteiger partial charge in [0, 0.05) is 19.3 Å². The Kier molecular flexibility index (Phi) is 58.2. The van der Waals surface area contributed by atoms with E-state index in [2.05, 4.69) is 118 Å². The lowest BCUT2D eigenvalue weighted by Crippen LogP contribution is -2.30. The Morgan fingerprint density at radius 2 is 0.635 bits per heavy atom. The zero-order valence-corrected chi connectivity index (χ0v) is 54.5. The summed E-state index contributed by atoms with van der Waals surface area (Å²) in [6.07, 6.45) is 64.8. The van der Waals surface area contributed by atoms with E-state index < -0.39 is 91.5 Å². The van der Waals surface area contributed by atoms with Crippen LogP contribution in [0.15, 0.2) is 97.2 Å². The summed E-state index contributed by atoms with van der Waals surface area (Å²) in [5, 5.41) is 20.5. The highest BCUT2D eigenvalue weighted by atomic mass is 31.2. The van der Waals surface area contributed by atoms with Crippen molar-refractivity contribution in [3.05, 3.63) is 97.2 Å². The van der Waals surface area contributed by atoms with E-state index in [-0.39, 0.29) is 19.3 Å². The van der Waals surface area contributed by atoms with Crippen molar-refractivity contribution in [3.8, 4) is 0 Å². The molecule has 0 aromatic rings. The second-order valence-electron chi connectivity index (χ2n) is 21.5. The minimum Gasteiger partial charge on any atom is -0.463 e. The van der Waals surface area contributed by atoms with Gasteiger partial charge in [-0.1, -0.05) is 214 Å². The fourth-order valence-electron chi connectivity index (χ4n) is 8.25. The number of carbonyl (C=O) groups excluding carboxylic acids is 3. The van der Waals surface area contributed by atoms with Gasteiger partial charge in [0.2, 0.25) is 0 Å². The highest BCUT2D eigenvalue weighted by molar-refractivity contribution is 7.47. The van der Waals surface area contributed by atoms with Crippen LogP contribution >= 0.6 is 15.6 Å². The van der Waals surface area contributed by atoms with Gasteiger partial charge in [0.05, 0.1) is 26.4 Å². The third-order valence-corrected chi connectivity index (χ3v) is 15.2. The van der Waals surface area contributed by atoms with Crippen molar-refractivity contribution >= 4 is 33.6 Å². The molecule has 18 heteroatoms. The molecule has 0 saturated heterocycles. The lowest BCUT2D eigenvalue weighted by molar-refractivity contribution is -0.161. The summed E-state index contributed by atoms with van der Waals surface area (Å²) in [4.78, 5) is 58.1. The Morgan fingerprint density at radius 3 is 1.04 bits per heavy atom. The lowest BCUT2D eigenvalue weighted by Gasteiger charge is -2.21. The van der Waals surface area contributed by atoms with Crippen LogP contribution in [0.1, 0.15) is 252 Å². The summed E-state index contributed by atoms with van der Waals surface area (Å²) >= 11 is 0. The van der Waals surface area contributed by atoms with Gasteiger partial charge in [0.1, 0.15) is 25.4 Å². The maximum atomic E-state index is 12.8. The SMILES string of the molecule is CC/C=C\C/C=C\C/C=C\C/C=C\C/C=C\C/C=C\CCCCCCCCC(=O)OCC(O)COP(=O)(O)OCC(O)COP(=O)(O)OCC(COC(=O)CCCCCCC/C=C\CCCCCC)OC(=O)CCCCCCC/C=C\CCCC. The van der Waals surface area contributed by atoms with Gasteiger partial charge >= 0.3 is 33.6 Å². The van der Waals surface area contributed by atoms with Crippen molar-refractivity contribution in [2.24, 2.45) is 0 Å². The van der Waals surface area contributed by atoms with E-state index in [1.54, 1.807) is 0 Å². The molecule has 0 aliphatic rings. The molecular formula is C67H116O16P2. The van der Waals surface area contributed by atoms with E-state index in [0.717, 1.165) is 154 Å². The zero-order valence-electron chi connectivity index (χ0n) is 52.8. The Hall–Kier alpha value is -3.53. The highest BCUT2D eigenvalue weighted by Gasteiger charge is 2.29. The molecule has 0 spiro atoms. The fourth-order valence-corrected chi connectivity index (χ4v) is 9.84. The van der Waals surface area contributed by atoms with Crippen LogP contribution in [0.5, 0.6) is 0 Å². The fraction of sp³-hybridized carbons (Fsp3) is 0.716. The zero-order chi connectivity index (χ0) is 62.4. The van der Waals surface area contributed by atoms with Crippen LogP contribution in [-0.2, 0) is 55.8 Å². The van der Waals surface area contributed by atoms with Gasteiger partial charge in [-0.05, 0) is 116 Å². The standard InChI is InChI=1S/C67H116O16P2/c1-4-7-10-13-16-19-22-24-25-26-27-28-29-30-31-32-33-34-35-37-40-41-44-47-50-53-65(70)77-56-62(68)57-79-84(73,74)80-58-63(69)59-81-85(75,76)82-61-64(83-67(72)55-52-49-46-43-38-21-18-15-12-9-6-3)60-78-66(71)54-51-48-45-42-39-36-23-20-17-14-11-8-5-2/h7,10,15-16,18-20,23-25,27-28,30-31,33-34,62-64,68-69H,4-6,8-9,11-14,17,21-22,26,29,32,35-61H2,1-3H3,(H,73,74)(H,75,76)/b10-7-,18-15-,19-16-,23-20-,25-24-,28-27-,31-30-,34-33-. The van der Waals surface area contributed by atoms with Crippen molar-refractivity contribution in [3.63, 3.8) is 0 Å². The molecule has 0 bridgehead atoms. The number of aliphatic hydroxyl groups excluding tert-OH is 2. The molecule has 0 saturated carbocycles. The van der Waals surface area contributed by atoms with Crippen molar-refractivity contribution in [2.45, 2.75) is 270 Å². The number of ether oxygens (including phenoxy) is 3. The van der Waals surface area contributed by atoms with Crippen LogP contribution in [0, 0.1) is 0 Å². The summed E-state index contributed by atoms with van der Waals surface area (Å²) in [6, 6.07) is 0. The summed E-state index contributed by atoms with van der Waals surface area (Å²) in [5.74, 6) is -1.61. The smallest absolute Gasteiger partial charge is 0.463 e. The molecule has 0 aliphatic carbocycles. The Labute approximate surface area is 514 Å². The maximum absolute atomic E-state index is 12.8. The summed E-state index contributed by atoms with van der Waals surface area (Å²) < 4.78 is 60.6. The first kappa shape index (κ1) is 81.5. The van der Waals surface area contributed by atoms with E-state index in [1.807, 2.05) is 0 Å². The molecular weight excluding hydrogens is 1120 g/mol. The third kappa shape index (κ3) is 61.9. The number of hydrogen-bond acceptors (Lipinski definition) is 14. The van der Waals surface area contributed by atoms with Gasteiger partial charge in [-0.3, -0.25) is 32.5 Å². The van der Waals surface area contributed by atoms with E-state index in [1.165, 1.54) is 38.5 Å². The highest BCUT2D eigenvalue weighted by Crippen LogP contribution is 2.45. The van der Waals surface area contributed by atoms with Crippen molar-refractivity contribution < 1.29 is 75.8 Å². The molecule has 0 amide bonds. The Bertz CT molecular complexity index is 1940. The second kappa shape index (κ2) is 60.7. The van der Waals surface area contributed by atoms with Crippen LogP contribution < -0.4 is 0 Å². The molecule has 0 aliphatic heterocycles. The number of esters is 3. The van der Waals surface area contributed by atoms with Gasteiger partial charge in [0.25, 0.3) is 0 Å². The average Bonchev–Trinajstić information content (AvgIpc) is 3.60. The first-order chi connectivity index (χ1) is 41.2. The van der Waals surface area contributed by atoms with Gasteiger partial charge in [0.15, 0.2) is 6.10 Å². The monoisotopic (exact) mass is 1240 g/mol. The normalized spacial score (nSPS) is 15.0. The first-order valence-corrected chi connectivity index (χ1v) is 35.5. The number of phosphoric acid groups is 2. The second-order valence-corrected chi connectivity index (χ2v) is 24.4. The maximum Gasteiger partial charge on any atom is 0.472 e. The van der Waals surface area contributed by atoms with Crippen molar-refractivity contribution in [1.82, 2.24) is 0 Å². The predicted octanol–water partition coefficient (Wildman–Crippen LogP) is 17.5. The molecule has 0 radical (unpaired) electrons. The van der Waals surface area contributed by atoms with Gasteiger partial charge < -0.3 is 34.2 Å². The van der Waals surface area contributed by atoms with Gasteiger partial charge in [-0.25, -0.2) is 9.13 Å². The number of rotatable bonds is 61. The van der Waals surface area contributed by atoms with Crippen LogP contribution in [0.25, 0.3) is 0 Å². The topological polar surface area (TPSA) is 231 Å². The molecule has 5 atom stereocenters. The minimum absolute atomic E-state index is 0.0925. The average molecular weight is 1240 g/mol. The van der Waals surface area contributed by atoms with Gasteiger partial charge in [-0.15, -0.1) is 0 Å². The Morgan fingerprint density at radius 1 is 0.341 bits per heavy atom. The quantitative estimate of drug-likeness (QED) is 0.0146. The molecule has 5 unspecified atom stereocenters. The van der Waals surface area contributed by atoms with Crippen LogP contribution in [-0.4, -0.2) is 95.9 Å². The third-order valence-electron chi connectivity index (χ3n) is 13.3. The largest absolute Gasteiger partial charge is 0.472 e. The minimum atomic E-state index is -4.92. The molecule has 85 heavy (non-hydrogen) atoms. The van der Waals surface area contributed by atoms with E-state index in [4.69, 9.17) is 32.3 Å². The first-order valence-electron chi connectivity index (χ1n) is 32.5. The van der Waals surface area contributed by atoms with Crippen LogP contribution in [0.4, 0.5) is 0 Å². The molecule has 0 aromatic carbocycles. The van der Waals surface area contributed by atoms with Crippen LogP contribution in [0.2, 0.25) is 0 Å². The number of aliphatic hydroxyl groups is 2. The number of hydrogen-bond donors (Lipinski definition) is 4. The molecule has 0 fully saturated rings. The summed E-state index contributed by atoms with van der Waals surface area (Å²) in [7, 11) is -9.77. The number of unbranched alkanes of at least 4 members (excludes halogenated alkanes) is 22. The molecule has 490 valence electrons. The molecule has 4 N–H and O–H groups in total. The van der Waals surface area contributed by atoms with Crippen molar-refractivity contribution in [1.29, 1.82) is 0 Å². The number of allylic oxidation sites excluding steroid dienone is 16. The molecule has 0 heterocycles. The molecule has 0 rings (SSSR count). The van der Waals surface area contributed by atoms with Gasteiger partial charge in [-0.2, -0.15) is 0 Å². The summed E-state index contributed by atoms with van der Waals surface area (Å²) in [5.41, 5.74) is 0. The predicted molar refractivity (Wildman–Crippen MR) is 344 cm³/mol. The summed E-state index contributed by atoms with van der Waals surface area (Å²) in [6.45, 7) is 2.44. The molecule has 16 nitrogen and oxygen atoms in total. The lowest BCUT2D eigenvalue weighted by atomic mass is 10.1. The molecule has 0 aromatic heterocycles. The Balaban J connectivity index is 4.51. The van der Waals surface area contributed by atoms with Crippen LogP contribution in [0.3, 0.4) is 0 Å². The van der Waals surface area contributed by atoms with Crippen molar-refractivity contribution in [2.75, 3.05) is 39.6 Å². The van der Waals surface area contributed by atoms with E-state index >= 15 is 0 Å².